The average molecular weight is 486 g/mol. The van der Waals surface area contributed by atoms with Crippen LogP contribution in [0.4, 0.5) is 0 Å². The molecule has 0 aliphatic carbocycles. The molecule has 3 heterocycles. The fourth-order valence-corrected chi connectivity index (χ4v) is 5.68. The fourth-order valence-electron chi connectivity index (χ4n) is 4.67. The Bertz CT molecular complexity index is 1070. The summed E-state index contributed by atoms with van der Waals surface area (Å²) in [5.74, 6) is 0.596. The summed E-state index contributed by atoms with van der Waals surface area (Å²) in [6.45, 7) is 6.69. The number of aromatic nitrogens is 2. The Balaban J connectivity index is 1.23. The molecule has 7 nitrogen and oxygen atoms in total. The van der Waals surface area contributed by atoms with E-state index in [1.54, 1.807) is 23.4 Å². The third kappa shape index (κ3) is 5.90. The van der Waals surface area contributed by atoms with Crippen molar-refractivity contribution >= 4 is 17.7 Å². The van der Waals surface area contributed by atoms with Crippen LogP contribution in [0.25, 0.3) is 0 Å². The first-order valence-corrected chi connectivity index (χ1v) is 13.2. The van der Waals surface area contributed by atoms with Gasteiger partial charge < -0.3 is 14.4 Å². The molecule has 34 heavy (non-hydrogen) atoms. The van der Waals surface area contributed by atoms with Gasteiger partial charge in [0.05, 0.1) is 13.2 Å². The zero-order valence-corrected chi connectivity index (χ0v) is 21.3. The van der Waals surface area contributed by atoms with E-state index in [-0.39, 0.29) is 11.5 Å². The number of thioether (sulfide) groups is 1. The number of benzene rings is 1. The number of amides is 1. The standard InChI is InChI=1S/C26H35N3O4S/c1-19-7-6-8-21(17-19)18-22-20(2)27-25(28(3)24(22)31)34-16-5-4-9-23(30)29-12-10-26(11-13-29)32-14-15-33-26/h6-8,17H,4-5,9-16,18H2,1-3H3. The summed E-state index contributed by atoms with van der Waals surface area (Å²) in [7, 11) is 1.79. The van der Waals surface area contributed by atoms with Crippen molar-refractivity contribution < 1.29 is 14.3 Å². The van der Waals surface area contributed by atoms with Crippen LogP contribution in [0.1, 0.15) is 54.5 Å². The third-order valence-corrected chi connectivity index (χ3v) is 7.84. The van der Waals surface area contributed by atoms with Crippen molar-refractivity contribution in [2.45, 2.75) is 63.3 Å². The molecule has 2 aliphatic heterocycles. The van der Waals surface area contributed by atoms with E-state index in [4.69, 9.17) is 14.5 Å². The highest BCUT2D eigenvalue weighted by molar-refractivity contribution is 7.99. The summed E-state index contributed by atoms with van der Waals surface area (Å²) in [6.07, 6.45) is 4.40. The number of unbranched alkanes of at least 4 members (excludes halogenated alkanes) is 1. The lowest BCUT2D eigenvalue weighted by Crippen LogP contribution is -2.47. The highest BCUT2D eigenvalue weighted by atomic mass is 32.2. The molecule has 1 aromatic carbocycles. The van der Waals surface area contributed by atoms with E-state index in [2.05, 4.69) is 19.1 Å². The minimum Gasteiger partial charge on any atom is -0.347 e. The second-order valence-electron chi connectivity index (χ2n) is 9.28. The van der Waals surface area contributed by atoms with Crippen molar-refractivity contribution in [2.75, 3.05) is 32.1 Å². The van der Waals surface area contributed by atoms with E-state index in [9.17, 15) is 9.59 Å². The van der Waals surface area contributed by atoms with Crippen LogP contribution in [0.3, 0.4) is 0 Å². The summed E-state index contributed by atoms with van der Waals surface area (Å²) in [5, 5.41) is 0.736. The van der Waals surface area contributed by atoms with Crippen LogP contribution in [0, 0.1) is 13.8 Å². The van der Waals surface area contributed by atoms with Gasteiger partial charge >= 0.3 is 0 Å². The first kappa shape index (κ1) is 24.9. The first-order valence-electron chi connectivity index (χ1n) is 12.2. The van der Waals surface area contributed by atoms with Gasteiger partial charge in [-0.15, -0.1) is 0 Å². The summed E-state index contributed by atoms with van der Waals surface area (Å²) in [5.41, 5.74) is 3.87. The molecule has 2 saturated heterocycles. The number of hydrogen-bond acceptors (Lipinski definition) is 6. The van der Waals surface area contributed by atoms with E-state index in [0.29, 0.717) is 39.1 Å². The second kappa shape index (κ2) is 11.1. The van der Waals surface area contributed by atoms with Gasteiger partial charge in [-0.05, 0) is 32.3 Å². The Labute approximate surface area is 205 Å². The van der Waals surface area contributed by atoms with E-state index in [0.717, 1.165) is 53.4 Å². The number of carbonyl (C=O) groups is 1. The van der Waals surface area contributed by atoms with Crippen LogP contribution in [0.15, 0.2) is 34.2 Å². The molecular formula is C26H35N3O4S. The molecule has 0 saturated carbocycles. The molecule has 1 spiro atoms. The predicted molar refractivity (Wildman–Crippen MR) is 133 cm³/mol. The van der Waals surface area contributed by atoms with E-state index in [1.807, 2.05) is 24.0 Å². The molecule has 0 radical (unpaired) electrons. The predicted octanol–water partition coefficient (Wildman–Crippen LogP) is 3.62. The van der Waals surface area contributed by atoms with Crippen molar-refractivity contribution in [3.63, 3.8) is 0 Å². The maximum absolute atomic E-state index is 13.0. The highest BCUT2D eigenvalue weighted by Crippen LogP contribution is 2.31. The molecule has 2 aromatic rings. The monoisotopic (exact) mass is 485 g/mol. The van der Waals surface area contributed by atoms with E-state index >= 15 is 0 Å². The molecule has 184 valence electrons. The number of rotatable bonds is 8. The summed E-state index contributed by atoms with van der Waals surface area (Å²) in [6, 6.07) is 8.24. The molecule has 0 N–H and O–H groups in total. The molecule has 2 fully saturated rings. The zero-order valence-electron chi connectivity index (χ0n) is 20.5. The van der Waals surface area contributed by atoms with Crippen molar-refractivity contribution in [1.82, 2.24) is 14.5 Å². The molecule has 4 rings (SSSR count). The molecular weight excluding hydrogens is 450 g/mol. The van der Waals surface area contributed by atoms with E-state index < -0.39 is 5.79 Å². The number of piperidine rings is 1. The SMILES string of the molecule is Cc1cccc(Cc2c(C)nc(SCCCCC(=O)N3CCC4(CC3)OCCO4)n(C)c2=O)c1. The van der Waals surface area contributed by atoms with Crippen molar-refractivity contribution in [3.8, 4) is 0 Å². The number of likely N-dealkylation sites (tertiary alicyclic amines) is 1. The minimum absolute atomic E-state index is 0.0183. The van der Waals surface area contributed by atoms with E-state index in [1.165, 1.54) is 5.56 Å². The average Bonchev–Trinajstić information content (AvgIpc) is 3.28. The van der Waals surface area contributed by atoms with Gasteiger partial charge in [-0.3, -0.25) is 14.2 Å². The lowest BCUT2D eigenvalue weighted by molar-refractivity contribution is -0.187. The van der Waals surface area contributed by atoms with Crippen LogP contribution < -0.4 is 5.56 Å². The first-order chi connectivity index (χ1) is 16.4. The Hall–Kier alpha value is -2.16. The lowest BCUT2D eigenvalue weighted by Gasteiger charge is -2.37. The van der Waals surface area contributed by atoms with Gasteiger partial charge in [0.1, 0.15) is 0 Å². The minimum atomic E-state index is -0.440. The van der Waals surface area contributed by atoms with Crippen molar-refractivity contribution in [2.24, 2.45) is 7.05 Å². The summed E-state index contributed by atoms with van der Waals surface area (Å²) in [4.78, 5) is 32.2. The van der Waals surface area contributed by atoms with Gasteiger partial charge in [-0.25, -0.2) is 4.98 Å². The largest absolute Gasteiger partial charge is 0.347 e. The third-order valence-electron chi connectivity index (χ3n) is 6.72. The molecule has 1 aromatic heterocycles. The molecule has 1 amide bonds. The van der Waals surface area contributed by atoms with Crippen LogP contribution in [-0.4, -0.2) is 58.2 Å². The molecule has 0 bridgehead atoms. The molecule has 0 unspecified atom stereocenters. The summed E-state index contributed by atoms with van der Waals surface area (Å²) < 4.78 is 13.1. The summed E-state index contributed by atoms with van der Waals surface area (Å²) >= 11 is 1.59. The van der Waals surface area contributed by atoms with Gasteiger partial charge in [0, 0.05) is 62.8 Å². The van der Waals surface area contributed by atoms with Crippen LogP contribution in [0.5, 0.6) is 0 Å². The lowest BCUT2D eigenvalue weighted by atomic mass is 10.0. The van der Waals surface area contributed by atoms with Gasteiger partial charge in [-0.1, -0.05) is 41.6 Å². The Kier molecular flexibility index (Phi) is 8.11. The van der Waals surface area contributed by atoms with Crippen molar-refractivity contribution in [3.05, 3.63) is 57.0 Å². The van der Waals surface area contributed by atoms with Gasteiger partial charge in [-0.2, -0.15) is 0 Å². The van der Waals surface area contributed by atoms with Crippen molar-refractivity contribution in [1.29, 1.82) is 0 Å². The quantitative estimate of drug-likeness (QED) is 0.323. The number of ether oxygens (including phenoxy) is 2. The molecule has 0 atom stereocenters. The maximum Gasteiger partial charge on any atom is 0.257 e. The van der Waals surface area contributed by atoms with Gasteiger partial charge in [0.25, 0.3) is 5.56 Å². The van der Waals surface area contributed by atoms with Crippen LogP contribution in [-0.2, 0) is 27.7 Å². The number of aryl methyl sites for hydroxylation is 2. The Morgan fingerprint density at radius 2 is 1.88 bits per heavy atom. The topological polar surface area (TPSA) is 73.7 Å². The highest BCUT2D eigenvalue weighted by Gasteiger charge is 2.40. The number of carbonyl (C=O) groups excluding carboxylic acids is 1. The zero-order chi connectivity index (χ0) is 24.1. The second-order valence-corrected chi connectivity index (χ2v) is 10.3. The number of hydrogen-bond donors (Lipinski definition) is 0. The Morgan fingerprint density at radius 3 is 2.59 bits per heavy atom. The fraction of sp³-hybridized carbons (Fsp3) is 0.577. The van der Waals surface area contributed by atoms with Crippen LogP contribution >= 0.6 is 11.8 Å². The normalized spacial score (nSPS) is 17.4. The molecule has 2 aliphatic rings. The van der Waals surface area contributed by atoms with Crippen LogP contribution in [0.2, 0.25) is 0 Å². The number of nitrogens with zero attached hydrogens (tertiary/aromatic N) is 3. The Morgan fingerprint density at radius 1 is 1.15 bits per heavy atom. The smallest absolute Gasteiger partial charge is 0.257 e. The van der Waals surface area contributed by atoms with Gasteiger partial charge in [0.2, 0.25) is 5.91 Å². The van der Waals surface area contributed by atoms with Gasteiger partial charge in [0.15, 0.2) is 10.9 Å². The molecule has 8 heteroatoms. The maximum atomic E-state index is 13.0.